The van der Waals surface area contributed by atoms with E-state index in [4.69, 9.17) is 0 Å². The monoisotopic (exact) mass is 256 g/mol. The van der Waals surface area contributed by atoms with Crippen molar-refractivity contribution in [3.63, 3.8) is 0 Å². The molecule has 0 saturated carbocycles. The average molecular weight is 256 g/mol. The summed E-state index contributed by atoms with van der Waals surface area (Å²) in [5.41, 5.74) is 1.78. The first kappa shape index (κ1) is 13.4. The Kier molecular flexibility index (Phi) is 3.74. The fourth-order valence-electron chi connectivity index (χ4n) is 2.38. The first-order chi connectivity index (χ1) is 9.10. The number of aryl methyl sites for hydroxylation is 1. The number of fused-ring (bicyclic) bond motifs is 1. The minimum Gasteiger partial charge on any atom is -0.381 e. The number of hydrogen-bond acceptors (Lipinski definition) is 2. The van der Waals surface area contributed by atoms with Crippen molar-refractivity contribution >= 4 is 11.8 Å². The maximum atomic E-state index is 12.4. The molecule has 19 heavy (non-hydrogen) atoms. The first-order valence-electron chi connectivity index (χ1n) is 6.55. The minimum atomic E-state index is 0.0830. The van der Waals surface area contributed by atoms with Crippen molar-refractivity contribution in [2.75, 3.05) is 6.54 Å². The molecular weight excluding hydrogens is 236 g/mol. The molecule has 1 aliphatic heterocycles. The van der Waals surface area contributed by atoms with Crippen molar-refractivity contribution in [3.8, 4) is 0 Å². The number of nitrogens with one attached hydrogen (secondary N) is 1. The standard InChI is InChI=1S/C16H20N2O/c1-5-7-8-13-15-14(6-2)17-9-12(4)18(15)10-11(3)16(13)19/h5-8,10,12,17H,2,9H2,1,3-4H3/b7-5-,13-8+. The van der Waals surface area contributed by atoms with Gasteiger partial charge in [0.15, 0.2) is 5.43 Å². The van der Waals surface area contributed by atoms with Crippen LogP contribution in [0.4, 0.5) is 0 Å². The maximum Gasteiger partial charge on any atom is 0.192 e. The summed E-state index contributed by atoms with van der Waals surface area (Å²) >= 11 is 0. The lowest BCUT2D eigenvalue weighted by atomic mass is 10.1. The molecule has 0 aromatic carbocycles. The van der Waals surface area contributed by atoms with E-state index in [1.807, 2.05) is 38.3 Å². The highest BCUT2D eigenvalue weighted by atomic mass is 16.1. The molecule has 1 unspecified atom stereocenters. The molecule has 100 valence electrons. The van der Waals surface area contributed by atoms with Gasteiger partial charge in [-0.1, -0.05) is 18.7 Å². The Bertz CT molecular complexity index is 707. The maximum absolute atomic E-state index is 12.4. The fourth-order valence-corrected chi connectivity index (χ4v) is 2.38. The van der Waals surface area contributed by atoms with E-state index in [1.54, 1.807) is 6.08 Å². The van der Waals surface area contributed by atoms with Crippen molar-refractivity contribution in [1.29, 1.82) is 0 Å². The van der Waals surface area contributed by atoms with Gasteiger partial charge in [-0.05, 0) is 32.9 Å². The second-order valence-electron chi connectivity index (χ2n) is 4.85. The molecule has 0 spiro atoms. The van der Waals surface area contributed by atoms with Gasteiger partial charge in [0.1, 0.15) is 0 Å². The van der Waals surface area contributed by atoms with E-state index in [2.05, 4.69) is 23.4 Å². The molecule has 1 aromatic rings. The molecule has 0 amide bonds. The van der Waals surface area contributed by atoms with Crippen LogP contribution in [-0.2, 0) is 0 Å². The number of aromatic nitrogens is 1. The molecular formula is C16H20N2O. The summed E-state index contributed by atoms with van der Waals surface area (Å²) in [5, 5.41) is 4.99. The lowest BCUT2D eigenvalue weighted by molar-refractivity contribution is 0.490. The highest BCUT2D eigenvalue weighted by Crippen LogP contribution is 2.06. The molecule has 1 atom stereocenters. The van der Waals surface area contributed by atoms with Crippen LogP contribution in [0, 0.1) is 6.92 Å². The second kappa shape index (κ2) is 5.31. The normalized spacial score (nSPS) is 19.4. The quantitative estimate of drug-likeness (QED) is 0.855. The second-order valence-corrected chi connectivity index (χ2v) is 4.85. The van der Waals surface area contributed by atoms with Gasteiger partial charge in [0.2, 0.25) is 0 Å². The molecule has 1 aliphatic rings. The Morgan fingerprint density at radius 1 is 1.53 bits per heavy atom. The first-order valence-corrected chi connectivity index (χ1v) is 6.55. The van der Waals surface area contributed by atoms with Crippen molar-refractivity contribution < 1.29 is 0 Å². The number of rotatable bonds is 2. The summed E-state index contributed by atoms with van der Waals surface area (Å²) in [7, 11) is 0. The summed E-state index contributed by atoms with van der Waals surface area (Å²) in [6.45, 7) is 10.6. The Labute approximate surface area is 113 Å². The van der Waals surface area contributed by atoms with Crippen LogP contribution in [0.1, 0.15) is 25.5 Å². The number of nitrogens with zero attached hydrogens (tertiary/aromatic N) is 1. The zero-order valence-electron chi connectivity index (χ0n) is 11.7. The molecule has 0 radical (unpaired) electrons. The van der Waals surface area contributed by atoms with Gasteiger partial charge < -0.3 is 9.88 Å². The minimum absolute atomic E-state index is 0.0830. The zero-order chi connectivity index (χ0) is 14.0. The van der Waals surface area contributed by atoms with Gasteiger partial charge in [-0.15, -0.1) is 0 Å². The Balaban J connectivity index is 3.04. The highest BCUT2D eigenvalue weighted by molar-refractivity contribution is 5.55. The van der Waals surface area contributed by atoms with Crippen LogP contribution in [0.15, 0.2) is 35.8 Å². The zero-order valence-corrected chi connectivity index (χ0v) is 11.7. The smallest absolute Gasteiger partial charge is 0.192 e. The summed E-state index contributed by atoms with van der Waals surface area (Å²) in [5.74, 6) is 0. The van der Waals surface area contributed by atoms with Crippen molar-refractivity contribution in [2.24, 2.45) is 0 Å². The van der Waals surface area contributed by atoms with Crippen LogP contribution in [0.2, 0.25) is 0 Å². The van der Waals surface area contributed by atoms with Gasteiger partial charge in [-0.25, -0.2) is 0 Å². The van der Waals surface area contributed by atoms with Gasteiger partial charge in [-0.2, -0.15) is 0 Å². The topological polar surface area (TPSA) is 34.0 Å². The van der Waals surface area contributed by atoms with Crippen LogP contribution in [-0.4, -0.2) is 11.1 Å². The summed E-state index contributed by atoms with van der Waals surface area (Å²) < 4.78 is 2.17. The van der Waals surface area contributed by atoms with Crippen LogP contribution in [0.25, 0.3) is 11.8 Å². The van der Waals surface area contributed by atoms with E-state index < -0.39 is 0 Å². The summed E-state index contributed by atoms with van der Waals surface area (Å²) in [6.07, 6.45) is 9.42. The number of allylic oxidation sites excluding steroid dienone is 2. The van der Waals surface area contributed by atoms with Crippen LogP contribution < -0.4 is 21.3 Å². The third-order valence-electron chi connectivity index (χ3n) is 3.43. The molecule has 0 saturated heterocycles. The molecule has 3 nitrogen and oxygen atoms in total. The molecule has 0 aliphatic carbocycles. The third kappa shape index (κ3) is 2.28. The SMILES string of the molecule is C=CC1=c2/c(=C\C=C/C)c(=O)c(C)cn2C(C)CN1. The summed E-state index contributed by atoms with van der Waals surface area (Å²) in [4.78, 5) is 12.4. The lowest BCUT2D eigenvalue weighted by Gasteiger charge is -2.25. The predicted octanol–water partition coefficient (Wildman–Crippen LogP) is 0.972. The van der Waals surface area contributed by atoms with E-state index in [9.17, 15) is 4.79 Å². The third-order valence-corrected chi connectivity index (χ3v) is 3.43. The highest BCUT2D eigenvalue weighted by Gasteiger charge is 2.15. The molecule has 1 aromatic heterocycles. The Morgan fingerprint density at radius 2 is 2.26 bits per heavy atom. The summed E-state index contributed by atoms with van der Waals surface area (Å²) in [6, 6.07) is 0.316. The van der Waals surface area contributed by atoms with Gasteiger partial charge in [0, 0.05) is 29.6 Å². The van der Waals surface area contributed by atoms with E-state index >= 15 is 0 Å². The molecule has 3 heteroatoms. The molecule has 2 rings (SSSR count). The van der Waals surface area contributed by atoms with Crippen molar-refractivity contribution in [2.45, 2.75) is 26.8 Å². The average Bonchev–Trinajstić information content (AvgIpc) is 2.41. The van der Waals surface area contributed by atoms with E-state index in [0.717, 1.165) is 28.4 Å². The number of hydrogen-bond donors (Lipinski definition) is 1. The Morgan fingerprint density at radius 3 is 2.89 bits per heavy atom. The van der Waals surface area contributed by atoms with Gasteiger partial charge in [0.25, 0.3) is 0 Å². The van der Waals surface area contributed by atoms with Crippen LogP contribution in [0.3, 0.4) is 0 Å². The molecule has 0 bridgehead atoms. The van der Waals surface area contributed by atoms with Crippen molar-refractivity contribution in [1.82, 2.24) is 9.88 Å². The van der Waals surface area contributed by atoms with Crippen LogP contribution >= 0.6 is 0 Å². The lowest BCUT2D eigenvalue weighted by Crippen LogP contribution is -2.53. The molecule has 2 heterocycles. The van der Waals surface area contributed by atoms with E-state index in [1.165, 1.54) is 0 Å². The van der Waals surface area contributed by atoms with E-state index in [0.29, 0.717) is 6.04 Å². The van der Waals surface area contributed by atoms with Crippen molar-refractivity contribution in [3.05, 3.63) is 57.4 Å². The van der Waals surface area contributed by atoms with Gasteiger partial charge >= 0.3 is 0 Å². The number of pyridine rings is 1. The molecule has 0 fully saturated rings. The predicted molar refractivity (Wildman–Crippen MR) is 80.3 cm³/mol. The Hall–Kier alpha value is -2.03. The van der Waals surface area contributed by atoms with Crippen LogP contribution in [0.5, 0.6) is 0 Å². The van der Waals surface area contributed by atoms with Gasteiger partial charge in [0.05, 0.1) is 11.0 Å². The van der Waals surface area contributed by atoms with Gasteiger partial charge in [-0.3, -0.25) is 4.79 Å². The fraction of sp³-hybridized carbons (Fsp3) is 0.312. The molecule has 1 N–H and O–H groups in total. The largest absolute Gasteiger partial charge is 0.381 e. The van der Waals surface area contributed by atoms with E-state index in [-0.39, 0.29) is 5.43 Å².